The van der Waals surface area contributed by atoms with Crippen molar-refractivity contribution in [2.24, 2.45) is 5.41 Å². The first-order chi connectivity index (χ1) is 8.24. The first kappa shape index (κ1) is 12.6. The van der Waals surface area contributed by atoms with Crippen LogP contribution in [-0.2, 0) is 0 Å². The van der Waals surface area contributed by atoms with E-state index in [0.29, 0.717) is 5.41 Å². The lowest BCUT2D eigenvalue weighted by Gasteiger charge is -2.53. The van der Waals surface area contributed by atoms with Crippen molar-refractivity contribution in [1.29, 1.82) is 0 Å². The highest BCUT2D eigenvalue weighted by atomic mass is 16.3. The van der Waals surface area contributed by atoms with E-state index in [1.807, 2.05) is 18.2 Å². The number of likely N-dealkylation sites (tertiary alicyclic amines) is 1. The van der Waals surface area contributed by atoms with Gasteiger partial charge in [-0.1, -0.05) is 44.2 Å². The maximum absolute atomic E-state index is 9.59. The maximum atomic E-state index is 9.59. The van der Waals surface area contributed by atoms with Crippen LogP contribution in [0.25, 0.3) is 0 Å². The summed E-state index contributed by atoms with van der Waals surface area (Å²) in [5.74, 6) is 0. The third-order valence-electron chi connectivity index (χ3n) is 4.38. The second-order valence-corrected chi connectivity index (χ2v) is 5.22. The summed E-state index contributed by atoms with van der Waals surface area (Å²) >= 11 is 0. The highest BCUT2D eigenvalue weighted by molar-refractivity contribution is 5.20. The van der Waals surface area contributed by atoms with Gasteiger partial charge in [-0.3, -0.25) is 4.90 Å². The normalized spacial score (nSPS) is 20.9. The van der Waals surface area contributed by atoms with Gasteiger partial charge in [0.15, 0.2) is 0 Å². The van der Waals surface area contributed by atoms with Gasteiger partial charge in [0.2, 0.25) is 0 Å². The molecular weight excluding hydrogens is 210 g/mol. The van der Waals surface area contributed by atoms with Crippen LogP contribution in [0.15, 0.2) is 30.3 Å². The highest BCUT2D eigenvalue weighted by Gasteiger charge is 2.42. The van der Waals surface area contributed by atoms with Crippen molar-refractivity contribution < 1.29 is 5.11 Å². The molecule has 0 spiro atoms. The molecule has 0 aromatic heterocycles. The summed E-state index contributed by atoms with van der Waals surface area (Å²) in [7, 11) is 0. The highest BCUT2D eigenvalue weighted by Crippen LogP contribution is 2.41. The van der Waals surface area contributed by atoms with Crippen LogP contribution in [-0.4, -0.2) is 29.7 Å². The van der Waals surface area contributed by atoms with Crippen LogP contribution in [0.1, 0.15) is 38.3 Å². The molecular formula is C15H23NO. The first-order valence-corrected chi connectivity index (χ1v) is 6.64. The summed E-state index contributed by atoms with van der Waals surface area (Å²) in [4.78, 5) is 2.41. The van der Waals surface area contributed by atoms with E-state index in [-0.39, 0.29) is 12.6 Å². The first-order valence-electron chi connectivity index (χ1n) is 6.64. The van der Waals surface area contributed by atoms with Crippen molar-refractivity contribution in [1.82, 2.24) is 4.90 Å². The van der Waals surface area contributed by atoms with Crippen LogP contribution in [0.2, 0.25) is 0 Å². The molecule has 1 N–H and O–H groups in total. The number of benzene rings is 1. The average Bonchev–Trinajstić information content (AvgIpc) is 2.34. The van der Waals surface area contributed by atoms with Crippen molar-refractivity contribution in [2.75, 3.05) is 19.7 Å². The summed E-state index contributed by atoms with van der Waals surface area (Å²) < 4.78 is 0. The van der Waals surface area contributed by atoms with Crippen molar-refractivity contribution in [3.8, 4) is 0 Å². The molecule has 2 rings (SSSR count). The van der Waals surface area contributed by atoms with Crippen molar-refractivity contribution in [3.05, 3.63) is 35.9 Å². The maximum Gasteiger partial charge on any atom is 0.0628 e. The van der Waals surface area contributed by atoms with E-state index in [1.54, 1.807) is 0 Å². The van der Waals surface area contributed by atoms with E-state index < -0.39 is 0 Å². The quantitative estimate of drug-likeness (QED) is 0.845. The Morgan fingerprint density at radius 1 is 1.18 bits per heavy atom. The van der Waals surface area contributed by atoms with Crippen LogP contribution in [0, 0.1) is 5.41 Å². The lowest BCUT2D eigenvalue weighted by molar-refractivity contribution is -0.0520. The van der Waals surface area contributed by atoms with Gasteiger partial charge in [0.25, 0.3) is 0 Å². The topological polar surface area (TPSA) is 23.5 Å². The smallest absolute Gasteiger partial charge is 0.0628 e. The molecule has 1 saturated heterocycles. The molecule has 1 heterocycles. The van der Waals surface area contributed by atoms with Crippen LogP contribution < -0.4 is 0 Å². The van der Waals surface area contributed by atoms with Gasteiger partial charge in [-0.05, 0) is 23.8 Å². The van der Waals surface area contributed by atoms with Gasteiger partial charge in [-0.15, -0.1) is 0 Å². The molecule has 17 heavy (non-hydrogen) atoms. The molecule has 1 fully saturated rings. The molecule has 0 saturated carbocycles. The largest absolute Gasteiger partial charge is 0.394 e. The Kier molecular flexibility index (Phi) is 3.85. The Morgan fingerprint density at radius 3 is 2.24 bits per heavy atom. The standard InChI is InChI=1S/C15H23NO/c1-3-15(4-2)11-16(12-15)14(10-17)13-8-6-5-7-9-13/h5-9,14,17H,3-4,10-12H2,1-2H3/t14-/m1/s1. The lowest BCUT2D eigenvalue weighted by atomic mass is 9.74. The fraction of sp³-hybridized carbons (Fsp3) is 0.600. The summed E-state index contributed by atoms with van der Waals surface area (Å²) in [5, 5.41) is 9.59. The van der Waals surface area contributed by atoms with Gasteiger partial charge < -0.3 is 5.11 Å². The van der Waals surface area contributed by atoms with E-state index in [9.17, 15) is 5.11 Å². The molecule has 1 atom stereocenters. The molecule has 0 amide bonds. The number of hydrogen-bond donors (Lipinski definition) is 1. The number of hydrogen-bond acceptors (Lipinski definition) is 2. The summed E-state index contributed by atoms with van der Waals surface area (Å²) in [5.41, 5.74) is 1.73. The molecule has 2 heteroatoms. The summed E-state index contributed by atoms with van der Waals surface area (Å²) in [6, 6.07) is 10.5. The van der Waals surface area contributed by atoms with E-state index in [2.05, 4.69) is 30.9 Å². The Morgan fingerprint density at radius 2 is 1.76 bits per heavy atom. The van der Waals surface area contributed by atoms with Gasteiger partial charge in [0, 0.05) is 13.1 Å². The van der Waals surface area contributed by atoms with Crippen molar-refractivity contribution >= 4 is 0 Å². The molecule has 1 aromatic carbocycles. The molecule has 0 aliphatic carbocycles. The molecule has 94 valence electrons. The van der Waals surface area contributed by atoms with E-state index in [4.69, 9.17) is 0 Å². The van der Waals surface area contributed by atoms with Crippen LogP contribution in [0.5, 0.6) is 0 Å². The van der Waals surface area contributed by atoms with Gasteiger partial charge in [-0.25, -0.2) is 0 Å². The minimum absolute atomic E-state index is 0.183. The van der Waals surface area contributed by atoms with E-state index >= 15 is 0 Å². The van der Waals surface area contributed by atoms with Crippen molar-refractivity contribution in [2.45, 2.75) is 32.7 Å². The minimum atomic E-state index is 0.183. The summed E-state index contributed by atoms with van der Waals surface area (Å²) in [6.07, 6.45) is 2.49. The number of nitrogens with zero attached hydrogens (tertiary/aromatic N) is 1. The fourth-order valence-electron chi connectivity index (χ4n) is 2.84. The van der Waals surface area contributed by atoms with Gasteiger partial charge in [0.05, 0.1) is 12.6 Å². The SMILES string of the molecule is CCC1(CC)CN([C@H](CO)c2ccccc2)C1. The third kappa shape index (κ3) is 2.38. The monoisotopic (exact) mass is 233 g/mol. The molecule has 0 bridgehead atoms. The second-order valence-electron chi connectivity index (χ2n) is 5.22. The minimum Gasteiger partial charge on any atom is -0.394 e. The zero-order valence-corrected chi connectivity index (χ0v) is 10.9. The summed E-state index contributed by atoms with van der Waals surface area (Å²) in [6.45, 7) is 7.02. The molecule has 2 nitrogen and oxygen atoms in total. The van der Waals surface area contributed by atoms with Crippen LogP contribution in [0.3, 0.4) is 0 Å². The Bertz CT molecular complexity index is 337. The van der Waals surface area contributed by atoms with Crippen LogP contribution >= 0.6 is 0 Å². The number of aliphatic hydroxyl groups excluding tert-OH is 1. The van der Waals surface area contributed by atoms with Crippen LogP contribution in [0.4, 0.5) is 0 Å². The van der Waals surface area contributed by atoms with E-state index in [0.717, 1.165) is 13.1 Å². The Balaban J connectivity index is 2.03. The predicted octanol–water partition coefficient (Wildman–Crippen LogP) is 2.84. The number of rotatable bonds is 5. The third-order valence-corrected chi connectivity index (χ3v) is 4.38. The predicted molar refractivity (Wildman–Crippen MR) is 70.9 cm³/mol. The zero-order chi connectivity index (χ0) is 12.3. The van der Waals surface area contributed by atoms with Gasteiger partial charge in [0.1, 0.15) is 0 Å². The Labute approximate surface area is 104 Å². The molecule has 1 aromatic rings. The Hall–Kier alpha value is -0.860. The van der Waals surface area contributed by atoms with E-state index in [1.165, 1.54) is 18.4 Å². The zero-order valence-electron chi connectivity index (χ0n) is 10.9. The fourth-order valence-corrected chi connectivity index (χ4v) is 2.84. The molecule has 0 radical (unpaired) electrons. The molecule has 1 aliphatic rings. The van der Waals surface area contributed by atoms with Gasteiger partial charge in [-0.2, -0.15) is 0 Å². The molecule has 0 unspecified atom stereocenters. The number of aliphatic hydroxyl groups is 1. The lowest BCUT2D eigenvalue weighted by Crippen LogP contribution is -2.57. The van der Waals surface area contributed by atoms with Gasteiger partial charge >= 0.3 is 0 Å². The molecule has 1 aliphatic heterocycles. The van der Waals surface area contributed by atoms with Crippen molar-refractivity contribution in [3.63, 3.8) is 0 Å². The second kappa shape index (κ2) is 5.19. The average molecular weight is 233 g/mol.